The van der Waals surface area contributed by atoms with Gasteiger partial charge in [0, 0.05) is 13.1 Å². The summed E-state index contributed by atoms with van der Waals surface area (Å²) >= 11 is 0. The minimum Gasteiger partial charge on any atom is -0.444 e. The van der Waals surface area contributed by atoms with Crippen molar-refractivity contribution in [3.63, 3.8) is 0 Å². The highest BCUT2D eigenvalue weighted by molar-refractivity contribution is 6.21. The number of likely N-dealkylation sites (tertiary alicyclic amines) is 1. The Balaban J connectivity index is 1.76. The summed E-state index contributed by atoms with van der Waals surface area (Å²) in [7, 11) is 0. The average Bonchev–Trinajstić information content (AvgIpc) is 3.00. The van der Waals surface area contributed by atoms with Crippen LogP contribution in [0.5, 0.6) is 0 Å². The second-order valence-corrected chi connectivity index (χ2v) is 7.89. The number of benzene rings is 1. The Kier molecular flexibility index (Phi) is 4.31. The van der Waals surface area contributed by atoms with E-state index in [1.807, 2.05) is 20.8 Å². The van der Waals surface area contributed by atoms with E-state index in [4.69, 9.17) is 4.74 Å². The first-order valence-corrected chi connectivity index (χ1v) is 8.62. The van der Waals surface area contributed by atoms with Crippen LogP contribution in [0.1, 0.15) is 54.8 Å². The molecule has 0 aliphatic carbocycles. The summed E-state index contributed by atoms with van der Waals surface area (Å²) in [6.07, 6.45) is 0.352. The molecule has 2 heterocycles. The Morgan fingerprint density at radius 1 is 1.16 bits per heavy atom. The summed E-state index contributed by atoms with van der Waals surface area (Å²) in [5, 5.41) is 0. The van der Waals surface area contributed by atoms with Gasteiger partial charge >= 0.3 is 6.09 Å². The van der Waals surface area contributed by atoms with Crippen LogP contribution in [0.4, 0.5) is 4.79 Å². The normalized spacial score (nSPS) is 23.2. The molecule has 0 saturated carbocycles. The van der Waals surface area contributed by atoms with Gasteiger partial charge in [-0.3, -0.25) is 14.5 Å². The minimum absolute atomic E-state index is 0.204. The van der Waals surface area contributed by atoms with Gasteiger partial charge in [0.25, 0.3) is 11.8 Å². The van der Waals surface area contributed by atoms with Crippen LogP contribution in [-0.4, -0.2) is 52.4 Å². The zero-order valence-corrected chi connectivity index (χ0v) is 15.1. The molecule has 6 heteroatoms. The van der Waals surface area contributed by atoms with Gasteiger partial charge in [-0.15, -0.1) is 0 Å². The molecule has 1 aromatic carbocycles. The lowest BCUT2D eigenvalue weighted by molar-refractivity contribution is 0.0188. The van der Waals surface area contributed by atoms with Gasteiger partial charge in [0.1, 0.15) is 5.60 Å². The molecule has 1 aromatic rings. The smallest absolute Gasteiger partial charge is 0.410 e. The van der Waals surface area contributed by atoms with Gasteiger partial charge in [0.15, 0.2) is 0 Å². The third kappa shape index (κ3) is 3.38. The molecular formula is C19H24N2O4. The zero-order valence-electron chi connectivity index (χ0n) is 15.1. The maximum absolute atomic E-state index is 12.6. The summed E-state index contributed by atoms with van der Waals surface area (Å²) in [6, 6.07) is 6.61. The summed E-state index contributed by atoms with van der Waals surface area (Å²) in [4.78, 5) is 40.5. The highest BCUT2D eigenvalue weighted by Gasteiger charge is 2.42. The predicted molar refractivity (Wildman–Crippen MR) is 92.3 cm³/mol. The van der Waals surface area contributed by atoms with Crippen molar-refractivity contribution in [2.45, 2.75) is 45.8 Å². The van der Waals surface area contributed by atoms with Gasteiger partial charge in [0.05, 0.1) is 17.2 Å². The Hall–Kier alpha value is -2.37. The first kappa shape index (κ1) is 17.5. The maximum Gasteiger partial charge on any atom is 0.410 e. The number of carbonyl (C=O) groups excluding carboxylic acids is 3. The monoisotopic (exact) mass is 344 g/mol. The van der Waals surface area contributed by atoms with E-state index in [1.54, 1.807) is 29.2 Å². The lowest BCUT2D eigenvalue weighted by Crippen LogP contribution is -2.46. The van der Waals surface area contributed by atoms with Crippen LogP contribution in [0.2, 0.25) is 0 Å². The molecule has 6 nitrogen and oxygen atoms in total. The van der Waals surface area contributed by atoms with E-state index in [-0.39, 0.29) is 24.4 Å². The average molecular weight is 344 g/mol. The van der Waals surface area contributed by atoms with Crippen molar-refractivity contribution in [1.82, 2.24) is 9.80 Å². The number of rotatable bonds is 2. The molecule has 1 saturated heterocycles. The van der Waals surface area contributed by atoms with Crippen LogP contribution >= 0.6 is 0 Å². The number of nitrogens with zero attached hydrogens (tertiary/aromatic N) is 2. The Morgan fingerprint density at radius 2 is 1.72 bits per heavy atom. The molecule has 0 unspecified atom stereocenters. The second-order valence-electron chi connectivity index (χ2n) is 7.89. The van der Waals surface area contributed by atoms with Gasteiger partial charge in [-0.25, -0.2) is 4.79 Å². The van der Waals surface area contributed by atoms with Crippen molar-refractivity contribution in [2.75, 3.05) is 13.1 Å². The first-order valence-electron chi connectivity index (χ1n) is 8.62. The molecule has 1 fully saturated rings. The van der Waals surface area contributed by atoms with Crippen molar-refractivity contribution in [2.24, 2.45) is 5.92 Å². The van der Waals surface area contributed by atoms with Crippen molar-refractivity contribution in [1.29, 1.82) is 0 Å². The molecule has 0 N–H and O–H groups in total. The first-order chi connectivity index (χ1) is 11.7. The second kappa shape index (κ2) is 6.17. The van der Waals surface area contributed by atoms with Gasteiger partial charge < -0.3 is 9.64 Å². The van der Waals surface area contributed by atoms with Crippen molar-refractivity contribution in [3.8, 4) is 0 Å². The Labute approximate surface area is 147 Å². The molecule has 0 radical (unpaired) electrons. The zero-order chi connectivity index (χ0) is 18.4. The molecule has 2 aliphatic rings. The number of fused-ring (bicyclic) bond motifs is 1. The summed E-state index contributed by atoms with van der Waals surface area (Å²) in [5.74, 6) is -0.277. The molecule has 3 amide bonds. The standard InChI is InChI=1S/C19H24N2O4/c1-12-9-13(20(10-12)18(24)25-19(2,3)4)11-21-16(22)14-7-5-6-8-15(14)17(21)23/h5-8,12-13H,9-11H2,1-4H3/t12-,13+/m1/s1. The van der Waals surface area contributed by atoms with Crippen LogP contribution in [-0.2, 0) is 4.74 Å². The fourth-order valence-corrected chi connectivity index (χ4v) is 3.48. The van der Waals surface area contributed by atoms with Crippen molar-refractivity contribution < 1.29 is 19.1 Å². The molecule has 2 aliphatic heterocycles. The van der Waals surface area contributed by atoms with E-state index in [0.717, 1.165) is 6.42 Å². The third-order valence-corrected chi connectivity index (χ3v) is 4.52. The summed E-state index contributed by atoms with van der Waals surface area (Å²) in [5.41, 5.74) is 0.285. The van der Waals surface area contributed by atoms with Crippen molar-refractivity contribution in [3.05, 3.63) is 35.4 Å². The summed E-state index contributed by atoms with van der Waals surface area (Å²) < 4.78 is 5.48. The quantitative estimate of drug-likeness (QED) is 0.774. The van der Waals surface area contributed by atoms with Crippen LogP contribution in [0, 0.1) is 5.92 Å². The fraction of sp³-hybridized carbons (Fsp3) is 0.526. The molecule has 3 rings (SSSR count). The lowest BCUT2D eigenvalue weighted by atomic mass is 10.1. The number of imide groups is 1. The van der Waals surface area contributed by atoms with E-state index < -0.39 is 11.7 Å². The Bertz CT molecular complexity index is 687. The minimum atomic E-state index is -0.580. The molecule has 0 spiro atoms. The molecule has 2 atom stereocenters. The number of hydrogen-bond acceptors (Lipinski definition) is 4. The lowest BCUT2D eigenvalue weighted by Gasteiger charge is -2.30. The predicted octanol–water partition coefficient (Wildman–Crippen LogP) is 2.93. The van der Waals surface area contributed by atoms with Crippen molar-refractivity contribution >= 4 is 17.9 Å². The number of carbonyl (C=O) groups is 3. The highest BCUT2D eigenvalue weighted by Crippen LogP contribution is 2.29. The molecule has 25 heavy (non-hydrogen) atoms. The van der Waals surface area contributed by atoms with E-state index in [1.165, 1.54) is 4.90 Å². The topological polar surface area (TPSA) is 66.9 Å². The van der Waals surface area contributed by atoms with E-state index in [2.05, 4.69) is 6.92 Å². The van der Waals surface area contributed by atoms with Crippen LogP contribution in [0.25, 0.3) is 0 Å². The summed E-state index contributed by atoms with van der Waals surface area (Å²) in [6.45, 7) is 8.30. The van der Waals surface area contributed by atoms with Gasteiger partial charge in [-0.1, -0.05) is 19.1 Å². The highest BCUT2D eigenvalue weighted by atomic mass is 16.6. The SMILES string of the molecule is C[C@@H]1C[C@@H](CN2C(=O)c3ccccc3C2=O)N(C(=O)OC(C)(C)C)C1. The number of ether oxygens (including phenoxy) is 1. The van der Waals surface area contributed by atoms with Crippen LogP contribution in [0.3, 0.4) is 0 Å². The molecule has 0 bridgehead atoms. The number of amides is 3. The van der Waals surface area contributed by atoms with Gasteiger partial charge in [-0.05, 0) is 45.2 Å². The van der Waals surface area contributed by atoms with Crippen LogP contribution < -0.4 is 0 Å². The number of hydrogen-bond donors (Lipinski definition) is 0. The fourth-order valence-electron chi connectivity index (χ4n) is 3.48. The van der Waals surface area contributed by atoms with E-state index in [0.29, 0.717) is 23.6 Å². The third-order valence-electron chi connectivity index (χ3n) is 4.52. The molecule has 0 aromatic heterocycles. The van der Waals surface area contributed by atoms with Gasteiger partial charge in [-0.2, -0.15) is 0 Å². The van der Waals surface area contributed by atoms with E-state index >= 15 is 0 Å². The largest absolute Gasteiger partial charge is 0.444 e. The van der Waals surface area contributed by atoms with Crippen LogP contribution in [0.15, 0.2) is 24.3 Å². The van der Waals surface area contributed by atoms with E-state index in [9.17, 15) is 14.4 Å². The maximum atomic E-state index is 12.6. The Morgan fingerprint density at radius 3 is 2.24 bits per heavy atom. The molecular weight excluding hydrogens is 320 g/mol. The molecule has 134 valence electrons. The van der Waals surface area contributed by atoms with Gasteiger partial charge in [0.2, 0.25) is 0 Å².